The molecule has 1 aliphatic rings. The Hall–Kier alpha value is -1.81. The minimum absolute atomic E-state index is 0.516. The molecule has 2 aromatic rings. The molecule has 112 valence electrons. The van der Waals surface area contributed by atoms with Gasteiger partial charge in [-0.2, -0.15) is 5.10 Å². The van der Waals surface area contributed by atoms with Crippen molar-refractivity contribution in [2.45, 2.75) is 51.3 Å². The van der Waals surface area contributed by atoms with Crippen LogP contribution in [-0.4, -0.2) is 9.78 Å². The Balaban J connectivity index is 1.56. The normalized spacial score (nSPS) is 16.0. The minimum Gasteiger partial charge on any atom is -0.487 e. The third-order valence-electron chi connectivity index (χ3n) is 4.16. The lowest BCUT2D eigenvalue weighted by atomic mass is 9.96. The molecular formula is C17H23N3O. The third kappa shape index (κ3) is 3.64. The zero-order chi connectivity index (χ0) is 14.5. The maximum Gasteiger partial charge on any atom is 0.132 e. The van der Waals surface area contributed by atoms with Gasteiger partial charge in [0.25, 0.3) is 0 Å². The first-order chi connectivity index (χ1) is 10.3. The summed E-state index contributed by atoms with van der Waals surface area (Å²) in [6.07, 6.45) is 8.61. The molecular weight excluding hydrogens is 262 g/mol. The number of nitrogens with two attached hydrogens (primary N) is 1. The van der Waals surface area contributed by atoms with Crippen LogP contribution >= 0.6 is 0 Å². The molecule has 1 heterocycles. The van der Waals surface area contributed by atoms with E-state index in [0.29, 0.717) is 19.2 Å². The van der Waals surface area contributed by atoms with E-state index in [9.17, 15) is 0 Å². The molecule has 1 saturated carbocycles. The van der Waals surface area contributed by atoms with Gasteiger partial charge in [-0.05, 0) is 36.6 Å². The van der Waals surface area contributed by atoms with Gasteiger partial charge in [-0.15, -0.1) is 0 Å². The summed E-state index contributed by atoms with van der Waals surface area (Å²) in [5.74, 6) is 0.861. The number of benzene rings is 1. The summed E-state index contributed by atoms with van der Waals surface area (Å²) in [7, 11) is 0. The van der Waals surface area contributed by atoms with Crippen molar-refractivity contribution < 1.29 is 4.74 Å². The van der Waals surface area contributed by atoms with Crippen molar-refractivity contribution in [2.75, 3.05) is 0 Å². The molecule has 0 aliphatic heterocycles. The Labute approximate surface area is 125 Å². The largest absolute Gasteiger partial charge is 0.487 e. The van der Waals surface area contributed by atoms with Gasteiger partial charge in [0.15, 0.2) is 0 Å². The fourth-order valence-electron chi connectivity index (χ4n) is 2.88. The predicted molar refractivity (Wildman–Crippen MR) is 83.0 cm³/mol. The highest BCUT2D eigenvalue weighted by atomic mass is 16.5. The van der Waals surface area contributed by atoms with E-state index in [1.165, 1.54) is 32.1 Å². The average molecular weight is 285 g/mol. The number of rotatable bonds is 5. The van der Waals surface area contributed by atoms with Gasteiger partial charge in [0.2, 0.25) is 0 Å². The molecule has 0 bridgehead atoms. The molecule has 0 spiro atoms. The molecule has 21 heavy (non-hydrogen) atoms. The minimum atomic E-state index is 0.516. The van der Waals surface area contributed by atoms with Gasteiger partial charge >= 0.3 is 0 Å². The van der Waals surface area contributed by atoms with Crippen LogP contribution in [0.2, 0.25) is 0 Å². The van der Waals surface area contributed by atoms with E-state index in [-0.39, 0.29) is 0 Å². The summed E-state index contributed by atoms with van der Waals surface area (Å²) in [6, 6.07) is 10.5. The zero-order valence-electron chi connectivity index (χ0n) is 12.4. The topological polar surface area (TPSA) is 53.1 Å². The fraction of sp³-hybridized carbons (Fsp3) is 0.471. The SMILES string of the molecule is NCc1ccc(OCc2ccn(C3CCCCC3)n2)cc1. The molecule has 1 aromatic heterocycles. The van der Waals surface area contributed by atoms with Gasteiger partial charge in [-0.3, -0.25) is 4.68 Å². The fourth-order valence-corrected chi connectivity index (χ4v) is 2.88. The first-order valence-corrected chi connectivity index (χ1v) is 7.81. The second-order valence-electron chi connectivity index (χ2n) is 5.72. The van der Waals surface area contributed by atoms with Crippen LogP contribution in [0, 0.1) is 0 Å². The molecule has 1 fully saturated rings. The Bertz CT molecular complexity index is 556. The smallest absolute Gasteiger partial charge is 0.132 e. The predicted octanol–water partition coefficient (Wildman–Crippen LogP) is 3.43. The lowest BCUT2D eigenvalue weighted by Crippen LogP contribution is -2.13. The highest BCUT2D eigenvalue weighted by molar-refractivity contribution is 5.27. The lowest BCUT2D eigenvalue weighted by molar-refractivity contribution is 0.291. The van der Waals surface area contributed by atoms with Crippen LogP contribution < -0.4 is 10.5 Å². The number of ether oxygens (including phenoxy) is 1. The number of hydrogen-bond donors (Lipinski definition) is 1. The molecule has 3 rings (SSSR count). The van der Waals surface area contributed by atoms with Gasteiger partial charge < -0.3 is 10.5 Å². The molecule has 0 atom stereocenters. The van der Waals surface area contributed by atoms with Crippen LogP contribution in [0.1, 0.15) is 49.4 Å². The summed E-state index contributed by atoms with van der Waals surface area (Å²) in [5.41, 5.74) is 7.69. The Kier molecular flexibility index (Phi) is 4.55. The number of nitrogens with zero attached hydrogens (tertiary/aromatic N) is 2. The molecule has 0 radical (unpaired) electrons. The molecule has 4 heteroatoms. The van der Waals surface area contributed by atoms with Crippen LogP contribution in [0.5, 0.6) is 5.75 Å². The van der Waals surface area contributed by atoms with Crippen molar-refractivity contribution in [3.63, 3.8) is 0 Å². The van der Waals surface area contributed by atoms with E-state index in [1.54, 1.807) is 0 Å². The van der Waals surface area contributed by atoms with Gasteiger partial charge in [0.1, 0.15) is 12.4 Å². The Morgan fingerprint density at radius 2 is 1.86 bits per heavy atom. The maximum atomic E-state index is 5.78. The number of aromatic nitrogens is 2. The van der Waals surface area contributed by atoms with Crippen molar-refractivity contribution in [1.29, 1.82) is 0 Å². The molecule has 4 nitrogen and oxygen atoms in total. The highest BCUT2D eigenvalue weighted by Gasteiger charge is 2.15. The zero-order valence-corrected chi connectivity index (χ0v) is 12.4. The van der Waals surface area contributed by atoms with Crippen molar-refractivity contribution in [2.24, 2.45) is 5.73 Å². The summed E-state index contributed by atoms with van der Waals surface area (Å²) in [5, 5.41) is 4.65. The summed E-state index contributed by atoms with van der Waals surface area (Å²) >= 11 is 0. The standard InChI is InChI=1S/C17H23N3O/c18-12-14-6-8-17(9-7-14)21-13-15-10-11-20(19-15)16-4-2-1-3-5-16/h6-11,16H,1-5,12-13,18H2. The van der Waals surface area contributed by atoms with Crippen LogP contribution in [0.3, 0.4) is 0 Å². The summed E-state index contributed by atoms with van der Waals surface area (Å²) < 4.78 is 7.90. The second kappa shape index (κ2) is 6.76. The van der Waals surface area contributed by atoms with Crippen LogP contribution in [0.25, 0.3) is 0 Å². The van der Waals surface area contributed by atoms with Crippen molar-refractivity contribution in [3.8, 4) is 5.75 Å². The van der Waals surface area contributed by atoms with E-state index in [4.69, 9.17) is 10.5 Å². The van der Waals surface area contributed by atoms with Crippen LogP contribution in [0.4, 0.5) is 0 Å². The maximum absolute atomic E-state index is 5.78. The van der Waals surface area contributed by atoms with E-state index in [2.05, 4.69) is 22.0 Å². The molecule has 1 aliphatic carbocycles. The summed E-state index contributed by atoms with van der Waals surface area (Å²) in [6.45, 7) is 1.08. The number of hydrogen-bond acceptors (Lipinski definition) is 3. The molecule has 0 unspecified atom stereocenters. The van der Waals surface area contributed by atoms with Crippen LogP contribution in [-0.2, 0) is 13.2 Å². The van der Waals surface area contributed by atoms with Crippen molar-refractivity contribution >= 4 is 0 Å². The second-order valence-corrected chi connectivity index (χ2v) is 5.72. The van der Waals surface area contributed by atoms with E-state index >= 15 is 0 Å². The monoisotopic (exact) mass is 285 g/mol. The lowest BCUT2D eigenvalue weighted by Gasteiger charge is -2.21. The van der Waals surface area contributed by atoms with Gasteiger partial charge in [0.05, 0.1) is 11.7 Å². The summed E-state index contributed by atoms with van der Waals surface area (Å²) in [4.78, 5) is 0. The van der Waals surface area contributed by atoms with Gasteiger partial charge in [-0.25, -0.2) is 0 Å². The first-order valence-electron chi connectivity index (χ1n) is 7.81. The molecule has 1 aromatic carbocycles. The van der Waals surface area contributed by atoms with Crippen molar-refractivity contribution in [3.05, 3.63) is 47.8 Å². The quantitative estimate of drug-likeness (QED) is 0.915. The first kappa shape index (κ1) is 14.1. The van der Waals surface area contributed by atoms with Crippen LogP contribution in [0.15, 0.2) is 36.5 Å². The molecule has 2 N–H and O–H groups in total. The highest BCUT2D eigenvalue weighted by Crippen LogP contribution is 2.27. The third-order valence-corrected chi connectivity index (χ3v) is 4.16. The van der Waals surface area contributed by atoms with E-state index < -0.39 is 0 Å². The average Bonchev–Trinajstić information content (AvgIpc) is 3.03. The van der Waals surface area contributed by atoms with Gasteiger partial charge in [-0.1, -0.05) is 31.4 Å². The molecule has 0 amide bonds. The van der Waals surface area contributed by atoms with Crippen molar-refractivity contribution in [1.82, 2.24) is 9.78 Å². The Morgan fingerprint density at radius 1 is 1.10 bits per heavy atom. The van der Waals surface area contributed by atoms with E-state index in [0.717, 1.165) is 17.0 Å². The van der Waals surface area contributed by atoms with E-state index in [1.807, 2.05) is 24.3 Å². The Morgan fingerprint density at radius 3 is 2.57 bits per heavy atom. The van der Waals surface area contributed by atoms with Gasteiger partial charge in [0, 0.05) is 12.7 Å². The molecule has 0 saturated heterocycles.